The molecule has 0 saturated heterocycles. The summed E-state index contributed by atoms with van der Waals surface area (Å²) in [5.41, 5.74) is 2.54. The Balaban J connectivity index is 1.63. The molecule has 2 atom stereocenters. The van der Waals surface area contributed by atoms with E-state index in [0.29, 0.717) is 19.8 Å². The van der Waals surface area contributed by atoms with E-state index in [-0.39, 0.29) is 11.9 Å². The topological polar surface area (TPSA) is 50.7 Å². The molecule has 1 heterocycles. The normalized spacial score (nSPS) is 15.8. The molecule has 2 aromatic carbocycles. The standard InChI is InChI=1S/C19H22FNO3/c1-12-9-15(20)4-5-16(12)17(22)11-21-13(2)14-3-6-18-19(10-14)24-8-7-23-18/h3-6,9-10,13,17,21-22H,7-8,11H2,1-2H3. The van der Waals surface area contributed by atoms with E-state index >= 15 is 0 Å². The first-order valence-corrected chi connectivity index (χ1v) is 8.11. The first kappa shape index (κ1) is 16.7. The van der Waals surface area contributed by atoms with Crippen LogP contribution >= 0.6 is 0 Å². The number of aryl methyl sites for hydroxylation is 1. The highest BCUT2D eigenvalue weighted by molar-refractivity contribution is 5.44. The van der Waals surface area contributed by atoms with Crippen molar-refractivity contribution in [3.05, 3.63) is 58.9 Å². The number of hydrogen-bond acceptors (Lipinski definition) is 4. The number of fused-ring (bicyclic) bond motifs is 1. The van der Waals surface area contributed by atoms with Gasteiger partial charge in [-0.3, -0.25) is 0 Å². The Hall–Kier alpha value is -2.11. The highest BCUT2D eigenvalue weighted by atomic mass is 19.1. The molecule has 0 aromatic heterocycles. The second-order valence-corrected chi connectivity index (χ2v) is 6.05. The Bertz CT molecular complexity index is 720. The van der Waals surface area contributed by atoms with Crippen LogP contribution in [0.25, 0.3) is 0 Å². The summed E-state index contributed by atoms with van der Waals surface area (Å²) in [6, 6.07) is 10.3. The second-order valence-electron chi connectivity index (χ2n) is 6.05. The lowest BCUT2D eigenvalue weighted by Gasteiger charge is -2.22. The van der Waals surface area contributed by atoms with Gasteiger partial charge in [-0.05, 0) is 54.8 Å². The minimum atomic E-state index is -0.690. The van der Waals surface area contributed by atoms with E-state index in [0.717, 1.165) is 28.2 Å². The second kappa shape index (κ2) is 7.20. The van der Waals surface area contributed by atoms with Crippen molar-refractivity contribution in [1.82, 2.24) is 5.32 Å². The number of benzene rings is 2. The average Bonchev–Trinajstić information content (AvgIpc) is 2.59. The van der Waals surface area contributed by atoms with E-state index < -0.39 is 6.10 Å². The van der Waals surface area contributed by atoms with Crippen molar-refractivity contribution in [2.45, 2.75) is 26.0 Å². The maximum atomic E-state index is 13.2. The van der Waals surface area contributed by atoms with Crippen LogP contribution in [0.5, 0.6) is 11.5 Å². The molecule has 2 unspecified atom stereocenters. The molecular weight excluding hydrogens is 309 g/mol. The van der Waals surface area contributed by atoms with Gasteiger partial charge in [-0.2, -0.15) is 0 Å². The molecular formula is C19H22FNO3. The van der Waals surface area contributed by atoms with Crippen LogP contribution in [0.3, 0.4) is 0 Å². The van der Waals surface area contributed by atoms with Crippen LogP contribution in [0.15, 0.2) is 36.4 Å². The van der Waals surface area contributed by atoms with Crippen molar-refractivity contribution in [2.24, 2.45) is 0 Å². The first-order valence-electron chi connectivity index (χ1n) is 8.11. The molecule has 2 N–H and O–H groups in total. The van der Waals surface area contributed by atoms with Gasteiger partial charge >= 0.3 is 0 Å². The number of aliphatic hydroxyl groups excluding tert-OH is 1. The molecule has 4 nitrogen and oxygen atoms in total. The predicted molar refractivity (Wildman–Crippen MR) is 89.9 cm³/mol. The lowest BCUT2D eigenvalue weighted by Crippen LogP contribution is -2.25. The number of aliphatic hydroxyl groups is 1. The smallest absolute Gasteiger partial charge is 0.161 e. The fourth-order valence-electron chi connectivity index (χ4n) is 2.86. The zero-order valence-corrected chi connectivity index (χ0v) is 13.9. The van der Waals surface area contributed by atoms with Crippen molar-refractivity contribution < 1.29 is 19.0 Å². The zero-order chi connectivity index (χ0) is 17.1. The molecule has 0 saturated carbocycles. The maximum Gasteiger partial charge on any atom is 0.161 e. The van der Waals surface area contributed by atoms with Crippen molar-refractivity contribution in [1.29, 1.82) is 0 Å². The van der Waals surface area contributed by atoms with Crippen LogP contribution < -0.4 is 14.8 Å². The minimum Gasteiger partial charge on any atom is -0.486 e. The van der Waals surface area contributed by atoms with E-state index in [9.17, 15) is 9.50 Å². The van der Waals surface area contributed by atoms with Gasteiger partial charge in [-0.15, -0.1) is 0 Å². The van der Waals surface area contributed by atoms with Crippen LogP contribution in [0, 0.1) is 12.7 Å². The lowest BCUT2D eigenvalue weighted by atomic mass is 10.0. The summed E-state index contributed by atoms with van der Waals surface area (Å²) >= 11 is 0. The molecule has 0 aliphatic carbocycles. The molecule has 0 spiro atoms. The molecule has 3 rings (SSSR count). The molecule has 1 aliphatic heterocycles. The Morgan fingerprint density at radius 3 is 2.62 bits per heavy atom. The molecule has 2 aromatic rings. The van der Waals surface area contributed by atoms with Crippen LogP contribution in [-0.4, -0.2) is 24.9 Å². The van der Waals surface area contributed by atoms with Crippen molar-refractivity contribution in [2.75, 3.05) is 19.8 Å². The highest BCUT2D eigenvalue weighted by Gasteiger charge is 2.16. The summed E-state index contributed by atoms with van der Waals surface area (Å²) in [6.07, 6.45) is -0.690. The molecule has 24 heavy (non-hydrogen) atoms. The SMILES string of the molecule is Cc1cc(F)ccc1C(O)CNC(C)c1ccc2c(c1)OCCO2. The third kappa shape index (κ3) is 3.68. The maximum absolute atomic E-state index is 13.2. The Labute approximate surface area is 141 Å². The largest absolute Gasteiger partial charge is 0.486 e. The van der Waals surface area contributed by atoms with Crippen LogP contribution in [0.4, 0.5) is 4.39 Å². The van der Waals surface area contributed by atoms with Crippen LogP contribution in [0.1, 0.15) is 35.8 Å². The fourth-order valence-corrected chi connectivity index (χ4v) is 2.86. The predicted octanol–water partition coefficient (Wildman–Crippen LogP) is 3.29. The van der Waals surface area contributed by atoms with Crippen molar-refractivity contribution in [3.63, 3.8) is 0 Å². The van der Waals surface area contributed by atoms with Gasteiger partial charge in [0.05, 0.1) is 6.10 Å². The van der Waals surface area contributed by atoms with E-state index in [1.807, 2.05) is 25.1 Å². The van der Waals surface area contributed by atoms with Crippen LogP contribution in [-0.2, 0) is 0 Å². The number of rotatable bonds is 5. The zero-order valence-electron chi connectivity index (χ0n) is 13.9. The number of nitrogens with one attached hydrogen (secondary N) is 1. The van der Waals surface area contributed by atoms with Crippen LogP contribution in [0.2, 0.25) is 0 Å². The van der Waals surface area contributed by atoms with Gasteiger partial charge in [0.15, 0.2) is 11.5 Å². The fraction of sp³-hybridized carbons (Fsp3) is 0.368. The monoisotopic (exact) mass is 331 g/mol. The number of ether oxygens (including phenoxy) is 2. The van der Waals surface area contributed by atoms with Gasteiger partial charge in [0.2, 0.25) is 0 Å². The minimum absolute atomic E-state index is 0.0382. The summed E-state index contributed by atoms with van der Waals surface area (Å²) in [5.74, 6) is 1.22. The number of halogens is 1. The van der Waals surface area contributed by atoms with Gasteiger partial charge in [-0.25, -0.2) is 4.39 Å². The Morgan fingerprint density at radius 1 is 1.12 bits per heavy atom. The summed E-state index contributed by atoms with van der Waals surface area (Å²) in [7, 11) is 0. The molecule has 0 radical (unpaired) electrons. The molecule has 0 fully saturated rings. The Kier molecular flexibility index (Phi) is 5.02. The van der Waals surface area contributed by atoms with E-state index in [1.54, 1.807) is 13.0 Å². The highest BCUT2D eigenvalue weighted by Crippen LogP contribution is 2.32. The van der Waals surface area contributed by atoms with Gasteiger partial charge in [0.1, 0.15) is 19.0 Å². The van der Waals surface area contributed by atoms with Crippen molar-refractivity contribution >= 4 is 0 Å². The molecule has 5 heteroatoms. The summed E-state index contributed by atoms with van der Waals surface area (Å²) in [5, 5.41) is 13.7. The third-order valence-corrected chi connectivity index (χ3v) is 4.27. The van der Waals surface area contributed by atoms with E-state index in [1.165, 1.54) is 12.1 Å². The van der Waals surface area contributed by atoms with E-state index in [2.05, 4.69) is 5.32 Å². The summed E-state index contributed by atoms with van der Waals surface area (Å²) < 4.78 is 24.3. The molecule has 128 valence electrons. The quantitative estimate of drug-likeness (QED) is 0.883. The van der Waals surface area contributed by atoms with Gasteiger partial charge in [0, 0.05) is 12.6 Å². The van der Waals surface area contributed by atoms with E-state index in [4.69, 9.17) is 9.47 Å². The lowest BCUT2D eigenvalue weighted by molar-refractivity contribution is 0.168. The molecule has 0 amide bonds. The first-order chi connectivity index (χ1) is 11.5. The van der Waals surface area contributed by atoms with Gasteiger partial charge in [0.25, 0.3) is 0 Å². The van der Waals surface area contributed by atoms with Crippen molar-refractivity contribution in [3.8, 4) is 11.5 Å². The number of hydrogen-bond donors (Lipinski definition) is 2. The van der Waals surface area contributed by atoms with Gasteiger partial charge < -0.3 is 19.9 Å². The Morgan fingerprint density at radius 2 is 1.88 bits per heavy atom. The third-order valence-electron chi connectivity index (χ3n) is 4.27. The summed E-state index contributed by atoms with van der Waals surface area (Å²) in [6.45, 7) is 5.33. The van der Waals surface area contributed by atoms with Gasteiger partial charge in [-0.1, -0.05) is 12.1 Å². The molecule has 1 aliphatic rings. The average molecular weight is 331 g/mol. The molecule has 0 bridgehead atoms. The summed E-state index contributed by atoms with van der Waals surface area (Å²) in [4.78, 5) is 0.